The molecule has 1 fully saturated rings. The first-order valence-electron chi connectivity index (χ1n) is 9.71. The molecular formula is C22H29Cl2FN2O3S. The van der Waals surface area contributed by atoms with Crippen molar-refractivity contribution < 1.29 is 18.7 Å². The normalized spacial score (nSPS) is 14.7. The van der Waals surface area contributed by atoms with E-state index in [1.165, 1.54) is 19.1 Å². The lowest BCUT2D eigenvalue weighted by Gasteiger charge is -2.37. The first kappa shape index (κ1) is 27.4. The van der Waals surface area contributed by atoms with Crippen molar-refractivity contribution in [3.63, 3.8) is 0 Å². The molecule has 0 saturated carbocycles. The maximum absolute atomic E-state index is 13.1. The molecule has 1 atom stereocenters. The van der Waals surface area contributed by atoms with E-state index in [4.69, 9.17) is 9.47 Å². The number of carbonyl (C=O) groups is 1. The third-order valence-electron chi connectivity index (χ3n) is 4.84. The molecule has 0 N–H and O–H groups in total. The Bertz CT molecular complexity index is 806. The number of halogens is 3. The predicted octanol–water partition coefficient (Wildman–Crippen LogP) is 4.52. The van der Waals surface area contributed by atoms with E-state index in [1.807, 2.05) is 18.2 Å². The fourth-order valence-electron chi connectivity index (χ4n) is 3.43. The highest BCUT2D eigenvalue weighted by atomic mass is 35.5. The number of para-hydroxylation sites is 2. The Morgan fingerprint density at radius 3 is 2.32 bits per heavy atom. The number of anilines is 1. The van der Waals surface area contributed by atoms with Crippen molar-refractivity contribution in [1.29, 1.82) is 0 Å². The van der Waals surface area contributed by atoms with Crippen LogP contribution in [0.3, 0.4) is 0 Å². The summed E-state index contributed by atoms with van der Waals surface area (Å²) >= 11 is 1.57. The number of methoxy groups -OCH3 is 1. The molecule has 5 nitrogen and oxygen atoms in total. The van der Waals surface area contributed by atoms with Gasteiger partial charge in [-0.3, -0.25) is 9.69 Å². The van der Waals surface area contributed by atoms with Gasteiger partial charge in [0.15, 0.2) is 0 Å². The van der Waals surface area contributed by atoms with Crippen molar-refractivity contribution in [2.24, 2.45) is 0 Å². The van der Waals surface area contributed by atoms with Gasteiger partial charge in [-0.2, -0.15) is 0 Å². The molecule has 3 rings (SSSR count). The lowest BCUT2D eigenvalue weighted by molar-refractivity contribution is -0.146. The van der Waals surface area contributed by atoms with Gasteiger partial charge in [-0.05, 0) is 36.4 Å². The Hall–Kier alpha value is -1.67. The van der Waals surface area contributed by atoms with Crippen LogP contribution in [0, 0.1) is 5.82 Å². The second-order valence-electron chi connectivity index (χ2n) is 6.96. The van der Waals surface area contributed by atoms with E-state index in [1.54, 1.807) is 31.0 Å². The van der Waals surface area contributed by atoms with Crippen LogP contribution in [0.2, 0.25) is 0 Å². The molecule has 172 valence electrons. The smallest absolute Gasteiger partial charge is 0.302 e. The van der Waals surface area contributed by atoms with Gasteiger partial charge >= 0.3 is 5.97 Å². The van der Waals surface area contributed by atoms with Gasteiger partial charge in [0, 0.05) is 50.3 Å². The fourth-order valence-corrected chi connectivity index (χ4v) is 4.31. The summed E-state index contributed by atoms with van der Waals surface area (Å²) in [4.78, 5) is 17.1. The summed E-state index contributed by atoms with van der Waals surface area (Å²) in [7, 11) is 1.69. The summed E-state index contributed by atoms with van der Waals surface area (Å²) in [6.45, 7) is 5.67. The lowest BCUT2D eigenvalue weighted by atomic mass is 10.2. The predicted molar refractivity (Wildman–Crippen MR) is 129 cm³/mol. The minimum atomic E-state index is -0.276. The molecule has 0 spiro atoms. The minimum absolute atomic E-state index is 0. The Morgan fingerprint density at radius 1 is 1.06 bits per heavy atom. The monoisotopic (exact) mass is 490 g/mol. The van der Waals surface area contributed by atoms with Crippen LogP contribution in [-0.2, 0) is 9.53 Å². The third kappa shape index (κ3) is 8.41. The van der Waals surface area contributed by atoms with Gasteiger partial charge in [0.05, 0.1) is 12.8 Å². The van der Waals surface area contributed by atoms with E-state index in [2.05, 4.69) is 15.9 Å². The van der Waals surface area contributed by atoms with Crippen LogP contribution < -0.4 is 9.64 Å². The van der Waals surface area contributed by atoms with Crippen LogP contribution in [0.25, 0.3) is 0 Å². The first-order chi connectivity index (χ1) is 14.0. The number of esters is 1. The number of carbonyl (C=O) groups excluding carboxylic acids is 1. The van der Waals surface area contributed by atoms with Gasteiger partial charge in [-0.1, -0.05) is 12.1 Å². The number of thioether (sulfide) groups is 1. The molecule has 2 aromatic rings. The van der Waals surface area contributed by atoms with E-state index in [-0.39, 0.29) is 42.7 Å². The number of hydrogen-bond donors (Lipinski definition) is 0. The summed E-state index contributed by atoms with van der Waals surface area (Å²) in [6.07, 6.45) is -0.208. The number of nitrogens with zero attached hydrogens (tertiary/aromatic N) is 2. The van der Waals surface area contributed by atoms with Crippen LogP contribution in [0.5, 0.6) is 5.75 Å². The minimum Gasteiger partial charge on any atom is -0.495 e. The number of benzene rings is 2. The second-order valence-corrected chi connectivity index (χ2v) is 8.05. The van der Waals surface area contributed by atoms with E-state index < -0.39 is 0 Å². The first-order valence-corrected chi connectivity index (χ1v) is 10.7. The van der Waals surface area contributed by atoms with Crippen LogP contribution in [0.1, 0.15) is 6.92 Å². The van der Waals surface area contributed by atoms with Crippen LogP contribution >= 0.6 is 36.6 Å². The zero-order valence-corrected chi connectivity index (χ0v) is 20.1. The lowest BCUT2D eigenvalue weighted by Crippen LogP contribution is -2.49. The number of hydrogen-bond acceptors (Lipinski definition) is 6. The van der Waals surface area contributed by atoms with Crippen molar-refractivity contribution in [2.45, 2.75) is 17.9 Å². The SMILES string of the molecule is COc1ccccc1N1CCN(CC(CSc2ccc(F)cc2)OC(C)=O)CC1.Cl.Cl. The topological polar surface area (TPSA) is 42.0 Å². The Morgan fingerprint density at radius 2 is 1.71 bits per heavy atom. The van der Waals surface area contributed by atoms with Gasteiger partial charge in [0.1, 0.15) is 17.7 Å². The zero-order valence-electron chi connectivity index (χ0n) is 17.7. The molecule has 0 radical (unpaired) electrons. The molecule has 1 unspecified atom stereocenters. The summed E-state index contributed by atoms with van der Waals surface area (Å²) < 4.78 is 24.1. The highest BCUT2D eigenvalue weighted by molar-refractivity contribution is 7.99. The van der Waals surface area contributed by atoms with Crippen molar-refractivity contribution in [3.05, 3.63) is 54.3 Å². The molecule has 31 heavy (non-hydrogen) atoms. The zero-order chi connectivity index (χ0) is 20.6. The summed E-state index contributed by atoms with van der Waals surface area (Å²) in [6, 6.07) is 14.4. The quantitative estimate of drug-likeness (QED) is 0.400. The summed E-state index contributed by atoms with van der Waals surface area (Å²) in [5, 5.41) is 0. The average Bonchev–Trinajstić information content (AvgIpc) is 2.73. The van der Waals surface area contributed by atoms with Gasteiger partial charge in [0.25, 0.3) is 0 Å². The van der Waals surface area contributed by atoms with Crippen molar-refractivity contribution in [2.75, 3.05) is 50.5 Å². The standard InChI is InChI=1S/C22H27FN2O3S.2ClH/c1-17(26)28-19(16-29-20-9-7-18(23)8-10-20)15-24-11-13-25(14-12-24)21-5-3-4-6-22(21)27-2;;/h3-10,19H,11-16H2,1-2H3;2*1H. The largest absolute Gasteiger partial charge is 0.495 e. The maximum atomic E-state index is 13.1. The van der Waals surface area contributed by atoms with E-state index in [0.29, 0.717) is 12.3 Å². The van der Waals surface area contributed by atoms with Crippen molar-refractivity contribution in [3.8, 4) is 5.75 Å². The molecule has 1 heterocycles. The Kier molecular flexibility index (Phi) is 12.1. The van der Waals surface area contributed by atoms with Gasteiger partial charge in [-0.25, -0.2) is 4.39 Å². The molecule has 1 aliphatic heterocycles. The van der Waals surface area contributed by atoms with E-state index >= 15 is 0 Å². The van der Waals surface area contributed by atoms with Gasteiger partial charge in [-0.15, -0.1) is 36.6 Å². The van der Waals surface area contributed by atoms with Crippen LogP contribution in [0.4, 0.5) is 10.1 Å². The molecular weight excluding hydrogens is 462 g/mol. The molecule has 1 aliphatic rings. The summed E-state index contributed by atoms with van der Waals surface area (Å²) in [5.74, 6) is 0.994. The number of rotatable bonds is 8. The average molecular weight is 491 g/mol. The van der Waals surface area contributed by atoms with E-state index in [9.17, 15) is 9.18 Å². The van der Waals surface area contributed by atoms with Crippen LogP contribution in [-0.4, -0.2) is 62.6 Å². The molecule has 9 heteroatoms. The van der Waals surface area contributed by atoms with Gasteiger partial charge < -0.3 is 14.4 Å². The van der Waals surface area contributed by atoms with Crippen molar-refractivity contribution in [1.82, 2.24) is 4.90 Å². The highest BCUT2D eigenvalue weighted by Gasteiger charge is 2.23. The molecule has 0 bridgehead atoms. The summed E-state index contributed by atoms with van der Waals surface area (Å²) in [5.41, 5.74) is 1.11. The van der Waals surface area contributed by atoms with Crippen molar-refractivity contribution >= 4 is 48.2 Å². The highest BCUT2D eigenvalue weighted by Crippen LogP contribution is 2.28. The number of ether oxygens (including phenoxy) is 2. The Balaban J connectivity index is 0.00000240. The molecule has 0 aliphatic carbocycles. The van der Waals surface area contributed by atoms with E-state index in [0.717, 1.165) is 42.5 Å². The fraction of sp³-hybridized carbons (Fsp3) is 0.409. The molecule has 0 aromatic heterocycles. The molecule has 1 saturated heterocycles. The second kappa shape index (κ2) is 13.7. The van der Waals surface area contributed by atoms with Crippen LogP contribution in [0.15, 0.2) is 53.4 Å². The maximum Gasteiger partial charge on any atom is 0.302 e. The third-order valence-corrected chi connectivity index (χ3v) is 5.99. The van der Waals surface area contributed by atoms with Gasteiger partial charge in [0.2, 0.25) is 0 Å². The molecule has 2 aromatic carbocycles. The molecule has 0 amide bonds. The Labute approximate surface area is 200 Å². The number of piperazine rings is 1.